The van der Waals surface area contributed by atoms with Crippen molar-refractivity contribution >= 4 is 22.6 Å². The van der Waals surface area contributed by atoms with Crippen LogP contribution < -0.4 is 0 Å². The summed E-state index contributed by atoms with van der Waals surface area (Å²) in [6.07, 6.45) is 2.16. The minimum Gasteiger partial charge on any atom is -0.354 e. The van der Waals surface area contributed by atoms with Crippen molar-refractivity contribution < 1.29 is 4.92 Å². The Morgan fingerprint density at radius 3 is 2.52 bits per heavy atom. The molecule has 3 aromatic carbocycles. The molecule has 4 heteroatoms. The lowest BCUT2D eigenvalue weighted by atomic mass is 9.87. The first-order valence-electron chi connectivity index (χ1n) is 9.73. The maximum Gasteiger partial charge on any atom is 0.214 e. The van der Waals surface area contributed by atoms with E-state index in [4.69, 9.17) is 0 Å². The topological polar surface area (TPSA) is 58.9 Å². The van der Waals surface area contributed by atoms with Crippen LogP contribution in [-0.2, 0) is 0 Å². The summed E-state index contributed by atoms with van der Waals surface area (Å²) in [7, 11) is 0. The number of H-pyrrole nitrogens is 1. The Bertz CT molecular complexity index is 1270. The van der Waals surface area contributed by atoms with Crippen LogP contribution in [0.2, 0.25) is 0 Å². The van der Waals surface area contributed by atoms with Gasteiger partial charge < -0.3 is 4.98 Å². The van der Waals surface area contributed by atoms with Crippen molar-refractivity contribution in [2.24, 2.45) is 0 Å². The minimum absolute atomic E-state index is 0.138. The number of benzene rings is 3. The molecule has 29 heavy (non-hydrogen) atoms. The Labute approximate surface area is 168 Å². The second kappa shape index (κ2) is 6.74. The zero-order chi connectivity index (χ0) is 20.0. The van der Waals surface area contributed by atoms with Gasteiger partial charge in [-0.1, -0.05) is 72.8 Å². The number of para-hydroxylation sites is 1. The SMILES string of the molecule is Cc1cccc2c3c([nH]c12)C(c1ccccc1)=Cc1ccccc1[C@H]3C[N+](=O)[O-]. The van der Waals surface area contributed by atoms with Crippen LogP contribution in [0.4, 0.5) is 0 Å². The summed E-state index contributed by atoms with van der Waals surface area (Å²) in [6, 6.07) is 24.4. The molecule has 0 saturated carbocycles. The first kappa shape index (κ1) is 17.4. The van der Waals surface area contributed by atoms with Crippen molar-refractivity contribution in [2.45, 2.75) is 12.8 Å². The van der Waals surface area contributed by atoms with Gasteiger partial charge >= 0.3 is 0 Å². The third-order valence-corrected chi connectivity index (χ3v) is 5.79. The summed E-state index contributed by atoms with van der Waals surface area (Å²) in [5.41, 5.74) is 8.36. The van der Waals surface area contributed by atoms with Crippen molar-refractivity contribution in [2.75, 3.05) is 6.54 Å². The predicted molar refractivity (Wildman–Crippen MR) is 117 cm³/mol. The van der Waals surface area contributed by atoms with Gasteiger partial charge in [0.05, 0.1) is 11.6 Å². The van der Waals surface area contributed by atoms with Gasteiger partial charge in [0.2, 0.25) is 6.54 Å². The Balaban J connectivity index is 1.90. The largest absolute Gasteiger partial charge is 0.354 e. The Hall–Kier alpha value is -3.66. The smallest absolute Gasteiger partial charge is 0.214 e. The van der Waals surface area contributed by atoms with Crippen LogP contribution in [0.15, 0.2) is 72.8 Å². The normalized spacial score (nSPS) is 15.3. The second-order valence-electron chi connectivity index (χ2n) is 7.53. The highest BCUT2D eigenvalue weighted by molar-refractivity contribution is 6.00. The van der Waals surface area contributed by atoms with Gasteiger partial charge in [-0.25, -0.2) is 0 Å². The molecule has 0 radical (unpaired) electrons. The van der Waals surface area contributed by atoms with Crippen LogP contribution in [0.5, 0.6) is 0 Å². The number of hydrogen-bond acceptors (Lipinski definition) is 2. The molecule has 0 aliphatic heterocycles. The zero-order valence-corrected chi connectivity index (χ0v) is 16.1. The number of aromatic amines is 1. The number of rotatable bonds is 3. The summed E-state index contributed by atoms with van der Waals surface area (Å²) in [5, 5.41) is 12.7. The third kappa shape index (κ3) is 2.85. The van der Waals surface area contributed by atoms with Crippen molar-refractivity contribution in [1.82, 2.24) is 4.98 Å². The molecule has 1 aliphatic carbocycles. The van der Waals surface area contributed by atoms with Gasteiger partial charge in [-0.2, -0.15) is 0 Å². The van der Waals surface area contributed by atoms with E-state index in [9.17, 15) is 10.1 Å². The predicted octanol–water partition coefficient (Wildman–Crippen LogP) is 5.79. The maximum atomic E-state index is 11.7. The number of nitrogens with one attached hydrogen (secondary N) is 1. The fraction of sp³-hybridized carbons (Fsp3) is 0.120. The van der Waals surface area contributed by atoms with E-state index in [2.05, 4.69) is 42.2 Å². The number of aryl methyl sites for hydroxylation is 1. The van der Waals surface area contributed by atoms with Crippen LogP contribution in [0.1, 0.15) is 39.4 Å². The van der Waals surface area contributed by atoms with E-state index in [-0.39, 0.29) is 17.4 Å². The molecular formula is C25H20N2O2. The van der Waals surface area contributed by atoms with E-state index in [1.165, 1.54) is 0 Å². The molecule has 1 N–H and O–H groups in total. The summed E-state index contributed by atoms with van der Waals surface area (Å²) in [5.74, 6) is -0.316. The van der Waals surface area contributed by atoms with Gasteiger partial charge in [-0.3, -0.25) is 10.1 Å². The standard InChI is InChI=1S/C25H20N2O2/c1-16-8-7-13-20-23-22(15-27(28)29)19-12-6-5-11-18(19)14-21(25(23)26-24(16)20)17-9-3-2-4-10-17/h2-14,22,26H,15H2,1H3/t22-/m1/s1. The molecular weight excluding hydrogens is 360 g/mol. The quantitative estimate of drug-likeness (QED) is 0.361. The second-order valence-corrected chi connectivity index (χ2v) is 7.53. The lowest BCUT2D eigenvalue weighted by Gasteiger charge is -2.15. The minimum atomic E-state index is -0.316. The van der Waals surface area contributed by atoms with E-state index in [1.807, 2.05) is 48.5 Å². The van der Waals surface area contributed by atoms with Gasteiger partial charge in [0.15, 0.2) is 0 Å². The summed E-state index contributed by atoms with van der Waals surface area (Å²) >= 11 is 0. The number of nitrogens with zero attached hydrogens (tertiary/aromatic N) is 1. The van der Waals surface area contributed by atoms with Gasteiger partial charge in [0, 0.05) is 21.4 Å². The molecule has 0 fully saturated rings. The van der Waals surface area contributed by atoms with Crippen molar-refractivity contribution in [3.8, 4) is 0 Å². The highest BCUT2D eigenvalue weighted by Gasteiger charge is 2.32. The molecule has 0 amide bonds. The molecule has 4 aromatic rings. The van der Waals surface area contributed by atoms with E-state index < -0.39 is 0 Å². The highest BCUT2D eigenvalue weighted by atomic mass is 16.6. The van der Waals surface area contributed by atoms with Gasteiger partial charge in [0.25, 0.3) is 0 Å². The van der Waals surface area contributed by atoms with Gasteiger partial charge in [-0.15, -0.1) is 0 Å². The number of aromatic nitrogens is 1. The molecule has 1 atom stereocenters. The Kier molecular flexibility index (Phi) is 4.06. The van der Waals surface area contributed by atoms with Crippen molar-refractivity contribution in [1.29, 1.82) is 0 Å². The molecule has 0 unspecified atom stereocenters. The molecule has 142 valence electrons. The number of hydrogen-bond donors (Lipinski definition) is 1. The molecule has 1 aliphatic rings. The summed E-state index contributed by atoms with van der Waals surface area (Å²) < 4.78 is 0. The Morgan fingerprint density at radius 1 is 0.966 bits per heavy atom. The third-order valence-electron chi connectivity index (χ3n) is 5.79. The lowest BCUT2D eigenvalue weighted by molar-refractivity contribution is -0.481. The molecule has 0 bridgehead atoms. The average Bonchev–Trinajstić information content (AvgIpc) is 3.06. The molecule has 0 spiro atoms. The lowest BCUT2D eigenvalue weighted by Crippen LogP contribution is -2.15. The van der Waals surface area contributed by atoms with Crippen molar-refractivity contribution in [3.63, 3.8) is 0 Å². The fourth-order valence-corrected chi connectivity index (χ4v) is 4.49. The van der Waals surface area contributed by atoms with Crippen molar-refractivity contribution in [3.05, 3.63) is 116 Å². The fourth-order valence-electron chi connectivity index (χ4n) is 4.49. The maximum absolute atomic E-state index is 11.7. The summed E-state index contributed by atoms with van der Waals surface area (Å²) in [4.78, 5) is 15.1. The molecule has 1 aromatic heterocycles. The Morgan fingerprint density at radius 2 is 1.72 bits per heavy atom. The number of fused-ring (bicyclic) bond motifs is 4. The van der Waals surface area contributed by atoms with Crippen LogP contribution in [0.3, 0.4) is 0 Å². The molecule has 5 rings (SSSR count). The van der Waals surface area contributed by atoms with Crippen LogP contribution in [-0.4, -0.2) is 16.5 Å². The molecule has 4 nitrogen and oxygen atoms in total. The molecule has 0 saturated heterocycles. The van der Waals surface area contributed by atoms with E-state index in [0.717, 1.165) is 50.0 Å². The van der Waals surface area contributed by atoms with Crippen LogP contribution >= 0.6 is 0 Å². The molecule has 1 heterocycles. The van der Waals surface area contributed by atoms with Gasteiger partial charge in [-0.05, 0) is 40.8 Å². The zero-order valence-electron chi connectivity index (χ0n) is 16.1. The monoisotopic (exact) mass is 380 g/mol. The van der Waals surface area contributed by atoms with Crippen LogP contribution in [0.25, 0.3) is 22.6 Å². The van der Waals surface area contributed by atoms with E-state index >= 15 is 0 Å². The highest BCUT2D eigenvalue weighted by Crippen LogP contribution is 2.44. The van der Waals surface area contributed by atoms with Gasteiger partial charge in [0.1, 0.15) is 0 Å². The summed E-state index contributed by atoms with van der Waals surface area (Å²) in [6.45, 7) is 1.93. The van der Waals surface area contributed by atoms with E-state index in [0.29, 0.717) is 0 Å². The number of nitro groups is 1. The van der Waals surface area contributed by atoms with Crippen LogP contribution in [0, 0.1) is 17.0 Å². The average molecular weight is 380 g/mol. The van der Waals surface area contributed by atoms with E-state index in [1.54, 1.807) is 0 Å². The first-order chi connectivity index (χ1) is 14.1. The first-order valence-corrected chi connectivity index (χ1v) is 9.73.